The van der Waals surface area contributed by atoms with Crippen LogP contribution in [0.5, 0.6) is 0 Å². The Kier molecular flexibility index (Phi) is 9.55. The van der Waals surface area contributed by atoms with E-state index in [9.17, 15) is 18.9 Å². The van der Waals surface area contributed by atoms with Crippen molar-refractivity contribution in [2.75, 3.05) is 13.3 Å². The average molecular weight is 510 g/mol. The lowest BCUT2D eigenvalue weighted by molar-refractivity contribution is -0.138. The van der Waals surface area contributed by atoms with E-state index in [2.05, 4.69) is 16.6 Å². The number of ether oxygens (including phenoxy) is 1. The molecule has 0 amide bonds. The molecule has 2 aromatic carbocycles. The van der Waals surface area contributed by atoms with Crippen LogP contribution in [0.25, 0.3) is 22.4 Å². The first kappa shape index (κ1) is 27.3. The lowest BCUT2D eigenvalue weighted by atomic mass is 9.91. The van der Waals surface area contributed by atoms with Gasteiger partial charge in [0.05, 0.1) is 29.5 Å². The lowest BCUT2D eigenvalue weighted by Crippen LogP contribution is -2.16. The summed E-state index contributed by atoms with van der Waals surface area (Å²) in [6, 6.07) is 16.2. The molecular weight excluding hydrogens is 480 g/mol. The number of hydrogen-bond donors (Lipinski definition) is 1. The Labute approximate surface area is 211 Å². The van der Waals surface area contributed by atoms with Crippen molar-refractivity contribution in [3.05, 3.63) is 77.2 Å². The molecule has 188 valence electrons. The van der Waals surface area contributed by atoms with Crippen LogP contribution < -0.4 is 0 Å². The molecule has 2 unspecified atom stereocenters. The largest absolute Gasteiger partial charge is 0.392 e. The van der Waals surface area contributed by atoms with Crippen molar-refractivity contribution in [1.82, 2.24) is 4.98 Å². The Morgan fingerprint density at radius 2 is 1.86 bits per heavy atom. The molecule has 0 fully saturated rings. The van der Waals surface area contributed by atoms with E-state index >= 15 is 0 Å². The summed E-state index contributed by atoms with van der Waals surface area (Å²) in [5.41, 5.74) is 5.20. The summed E-state index contributed by atoms with van der Waals surface area (Å²) >= 11 is 0. The highest BCUT2D eigenvalue weighted by Crippen LogP contribution is 2.34. The Morgan fingerprint density at radius 1 is 1.14 bits per heavy atom. The molecule has 2 atom stereocenters. The molecule has 0 saturated heterocycles. The van der Waals surface area contributed by atoms with E-state index in [1.165, 1.54) is 19.2 Å². The molecule has 36 heavy (non-hydrogen) atoms. The average Bonchev–Trinajstić information content (AvgIpc) is 2.84. The maximum atomic E-state index is 13.9. The smallest absolute Gasteiger partial charge is 0.322 e. The summed E-state index contributed by atoms with van der Waals surface area (Å²) in [6.07, 6.45) is 0.793. The Hall–Kier alpha value is -3.30. The van der Waals surface area contributed by atoms with Crippen LogP contribution >= 0.6 is 8.03 Å². The number of aryl methyl sites for hydroxylation is 1. The van der Waals surface area contributed by atoms with E-state index in [4.69, 9.17) is 9.72 Å². The van der Waals surface area contributed by atoms with Gasteiger partial charge in [0.15, 0.2) is 8.03 Å². The van der Waals surface area contributed by atoms with Crippen molar-refractivity contribution in [3.8, 4) is 34.4 Å². The van der Waals surface area contributed by atoms with Gasteiger partial charge in [-0.2, -0.15) is 0 Å². The van der Waals surface area contributed by atoms with Gasteiger partial charge in [0.2, 0.25) is 0 Å². The Morgan fingerprint density at radius 3 is 2.50 bits per heavy atom. The van der Waals surface area contributed by atoms with Crippen LogP contribution in [0.3, 0.4) is 0 Å². The second-order valence-corrected chi connectivity index (χ2v) is 10.2. The number of aliphatic hydroxyl groups excluding tert-OH is 1. The molecule has 0 spiro atoms. The Bertz CT molecular complexity index is 1310. The molecule has 1 heterocycles. The van der Waals surface area contributed by atoms with Crippen molar-refractivity contribution in [2.24, 2.45) is 0 Å². The lowest BCUT2D eigenvalue weighted by Gasteiger charge is -2.17. The fraction of sp³-hybridized carbons (Fsp3) is 0.286. The number of nitrogens with zero attached hydrogens (tertiary/aromatic N) is 1. The highest BCUT2D eigenvalue weighted by Gasteiger charge is 2.19. The molecule has 3 aromatic rings. The number of benzene rings is 2. The second-order valence-electron chi connectivity index (χ2n) is 8.63. The first-order chi connectivity index (χ1) is 17.2. The van der Waals surface area contributed by atoms with E-state index in [1.807, 2.05) is 57.2 Å². The molecule has 3 rings (SSSR count). The molecule has 1 aromatic heterocycles. The summed E-state index contributed by atoms with van der Waals surface area (Å²) in [6.45, 7) is 5.80. The number of pyridine rings is 1. The van der Waals surface area contributed by atoms with E-state index in [0.717, 1.165) is 27.9 Å². The number of esters is 1. The van der Waals surface area contributed by atoms with E-state index in [0.29, 0.717) is 11.3 Å². The predicted octanol–water partition coefficient (Wildman–Crippen LogP) is 5.71. The Balaban J connectivity index is 2.04. The normalized spacial score (nSPS) is 12.5. The minimum Gasteiger partial charge on any atom is -0.392 e. The number of rotatable bonds is 8. The van der Waals surface area contributed by atoms with Crippen LogP contribution in [0.15, 0.2) is 54.6 Å². The second kappa shape index (κ2) is 12.6. The van der Waals surface area contributed by atoms with Gasteiger partial charge in [0, 0.05) is 24.4 Å². The fourth-order valence-corrected chi connectivity index (χ4v) is 4.42. The van der Waals surface area contributed by atoms with Gasteiger partial charge in [0.1, 0.15) is 11.9 Å². The topological polar surface area (TPSA) is 85.7 Å². The zero-order chi connectivity index (χ0) is 26.2. The first-order valence-corrected chi connectivity index (χ1v) is 13.0. The van der Waals surface area contributed by atoms with Gasteiger partial charge in [-0.05, 0) is 48.1 Å². The number of halogens is 1. The summed E-state index contributed by atoms with van der Waals surface area (Å²) < 4.78 is 35.0. The van der Waals surface area contributed by atoms with Gasteiger partial charge in [0.25, 0.3) is 0 Å². The van der Waals surface area contributed by atoms with Crippen LogP contribution in [-0.4, -0.2) is 35.4 Å². The van der Waals surface area contributed by atoms with Gasteiger partial charge in [-0.25, -0.2) is 4.39 Å². The quantitative estimate of drug-likeness (QED) is 0.238. The zero-order valence-corrected chi connectivity index (χ0v) is 21.7. The van der Waals surface area contributed by atoms with Gasteiger partial charge in [-0.3, -0.25) is 14.3 Å². The van der Waals surface area contributed by atoms with Crippen LogP contribution in [-0.2, 0) is 18.6 Å². The maximum Gasteiger partial charge on any atom is 0.322 e. The van der Waals surface area contributed by atoms with Crippen molar-refractivity contribution in [2.45, 2.75) is 39.2 Å². The van der Waals surface area contributed by atoms with Gasteiger partial charge in [-0.15, -0.1) is 0 Å². The molecule has 0 radical (unpaired) electrons. The predicted molar refractivity (Wildman–Crippen MR) is 138 cm³/mol. The molecule has 6 nitrogen and oxygen atoms in total. The molecule has 0 saturated carbocycles. The molecule has 0 bridgehead atoms. The number of aliphatic hydroxyl groups is 1. The minimum absolute atomic E-state index is 0.0124. The zero-order valence-electron chi connectivity index (χ0n) is 20.7. The van der Waals surface area contributed by atoms with E-state index in [-0.39, 0.29) is 24.3 Å². The molecular formula is C28H29FNO5P. The highest BCUT2D eigenvalue weighted by molar-refractivity contribution is 7.39. The van der Waals surface area contributed by atoms with E-state index < -0.39 is 20.1 Å². The van der Waals surface area contributed by atoms with Crippen LogP contribution in [0.2, 0.25) is 0 Å². The highest BCUT2D eigenvalue weighted by atomic mass is 31.1. The fourth-order valence-electron chi connectivity index (χ4n) is 3.73. The molecule has 8 heteroatoms. The summed E-state index contributed by atoms with van der Waals surface area (Å²) in [5, 5.41) is 9.89. The third-order valence-corrected chi connectivity index (χ3v) is 6.78. The van der Waals surface area contributed by atoms with Crippen LogP contribution in [0.4, 0.5) is 4.39 Å². The summed E-state index contributed by atoms with van der Waals surface area (Å²) in [4.78, 5) is 17.0. The van der Waals surface area contributed by atoms with Gasteiger partial charge < -0.3 is 14.4 Å². The third kappa shape index (κ3) is 7.11. The molecule has 0 aliphatic carbocycles. The monoisotopic (exact) mass is 509 g/mol. The van der Waals surface area contributed by atoms with Crippen LogP contribution in [0, 0.1) is 24.8 Å². The van der Waals surface area contributed by atoms with Crippen molar-refractivity contribution < 1.29 is 28.1 Å². The molecule has 1 N–H and O–H groups in total. The van der Waals surface area contributed by atoms with Crippen molar-refractivity contribution in [1.29, 1.82) is 0 Å². The van der Waals surface area contributed by atoms with Gasteiger partial charge >= 0.3 is 5.97 Å². The third-order valence-electron chi connectivity index (χ3n) is 5.52. The molecule has 0 aliphatic rings. The first-order valence-electron chi connectivity index (χ1n) is 11.5. The van der Waals surface area contributed by atoms with Crippen molar-refractivity contribution >= 4 is 14.0 Å². The number of hydrogen-bond acceptors (Lipinski definition) is 6. The number of aromatic nitrogens is 1. The SMILES string of the molecule is CO[PH](=O)CC(O)CC(=O)OC#Cc1c(-c2ccc(F)cc2C)cc(-c2ccccc2)nc1C(C)C. The standard InChI is InChI=1S/C28H29FNO5P/c1-18(2)28-24(12-13-35-27(32)15-22(31)17-36(33)34-4)25(23-11-10-21(29)14-19(23)3)16-26(30-28)20-8-6-5-7-9-20/h5-11,14,16,18,22,31,36H,15,17H2,1-4H3. The summed E-state index contributed by atoms with van der Waals surface area (Å²) in [7, 11) is -1.12. The van der Waals surface area contributed by atoms with E-state index in [1.54, 1.807) is 6.07 Å². The molecule has 0 aliphatic heterocycles. The van der Waals surface area contributed by atoms with Gasteiger partial charge in [-0.1, -0.05) is 50.2 Å². The van der Waals surface area contributed by atoms with Crippen molar-refractivity contribution in [3.63, 3.8) is 0 Å². The summed E-state index contributed by atoms with van der Waals surface area (Å²) in [5.74, 6) is 1.83. The minimum atomic E-state index is -2.40. The number of carbonyl (C=O) groups excluding carboxylic acids is 1. The number of carbonyl (C=O) groups is 1. The maximum absolute atomic E-state index is 13.9. The van der Waals surface area contributed by atoms with Crippen LogP contribution in [0.1, 0.15) is 43.0 Å².